The van der Waals surface area contributed by atoms with Crippen LogP contribution in [0.2, 0.25) is 0 Å². The smallest absolute Gasteiger partial charge is 0.260 e. The van der Waals surface area contributed by atoms with Gasteiger partial charge in [0.1, 0.15) is 11.6 Å². The Morgan fingerprint density at radius 3 is 2.59 bits per heavy atom. The third-order valence-corrected chi connectivity index (χ3v) is 5.68. The summed E-state index contributed by atoms with van der Waals surface area (Å²) in [5.41, 5.74) is 3.68. The highest BCUT2D eigenvalue weighted by Gasteiger charge is 2.25. The number of anilines is 3. The second-order valence-corrected chi connectivity index (χ2v) is 8.16. The Hall–Kier alpha value is -4.53. The van der Waals surface area contributed by atoms with E-state index in [1.54, 1.807) is 46.5 Å². The number of hydrogen-bond acceptors (Lipinski definition) is 6. The van der Waals surface area contributed by atoms with Gasteiger partial charge in [0.05, 0.1) is 29.9 Å². The Labute approximate surface area is 196 Å². The molecule has 0 fully saturated rings. The topological polar surface area (TPSA) is 96.3 Å². The van der Waals surface area contributed by atoms with Crippen molar-refractivity contribution in [1.29, 1.82) is 0 Å². The Balaban J connectivity index is 1.38. The molecule has 1 N–H and O–H groups in total. The van der Waals surface area contributed by atoms with Crippen molar-refractivity contribution in [2.75, 3.05) is 29.2 Å². The van der Waals surface area contributed by atoms with E-state index in [-0.39, 0.29) is 11.8 Å². The van der Waals surface area contributed by atoms with Gasteiger partial charge in [0.25, 0.3) is 11.8 Å². The van der Waals surface area contributed by atoms with Crippen molar-refractivity contribution in [2.45, 2.75) is 13.1 Å². The fourth-order valence-corrected chi connectivity index (χ4v) is 4.00. The van der Waals surface area contributed by atoms with Gasteiger partial charge in [-0.05, 0) is 42.0 Å². The summed E-state index contributed by atoms with van der Waals surface area (Å²) < 4.78 is 1.91. The number of aromatic nitrogens is 4. The fourth-order valence-electron chi connectivity index (χ4n) is 4.00. The first-order chi connectivity index (χ1) is 16.5. The van der Waals surface area contributed by atoms with Crippen LogP contribution < -0.4 is 15.1 Å². The molecule has 3 aromatic heterocycles. The van der Waals surface area contributed by atoms with Gasteiger partial charge in [-0.3, -0.25) is 14.3 Å². The molecule has 1 aliphatic heterocycles. The molecular weight excluding hydrogens is 430 g/mol. The van der Waals surface area contributed by atoms with Crippen LogP contribution in [-0.4, -0.2) is 45.7 Å². The Bertz CT molecular complexity index is 1360. The van der Waals surface area contributed by atoms with E-state index in [1.807, 2.05) is 49.1 Å². The zero-order valence-electron chi connectivity index (χ0n) is 18.8. The average molecular weight is 454 g/mol. The standard InChI is InChI=1S/C25H23N7O2/c1-30(2)23-20(7-5-12-26-23)24(33)29-22-10-9-17(14-27-22)25(34)31-16-19-11-13-28-32(19)15-18-6-3-4-8-21(18)31/h3-14H,15-16H2,1-2H3,(H,27,29,33). The molecule has 9 heteroatoms. The van der Waals surface area contributed by atoms with E-state index in [2.05, 4.69) is 20.4 Å². The van der Waals surface area contributed by atoms with Crippen LogP contribution in [0.15, 0.2) is 73.2 Å². The van der Waals surface area contributed by atoms with Gasteiger partial charge in [-0.2, -0.15) is 5.10 Å². The molecule has 170 valence electrons. The molecule has 1 aliphatic rings. The van der Waals surface area contributed by atoms with Crippen molar-refractivity contribution in [3.05, 3.63) is 95.6 Å². The van der Waals surface area contributed by atoms with Gasteiger partial charge in [0, 0.05) is 38.4 Å². The molecule has 0 saturated heterocycles. The van der Waals surface area contributed by atoms with Crippen molar-refractivity contribution in [3.63, 3.8) is 0 Å². The number of hydrogen-bond donors (Lipinski definition) is 1. The number of nitrogens with one attached hydrogen (secondary N) is 1. The maximum absolute atomic E-state index is 13.5. The van der Waals surface area contributed by atoms with Crippen molar-refractivity contribution in [1.82, 2.24) is 19.7 Å². The number of pyridine rings is 2. The van der Waals surface area contributed by atoms with Gasteiger partial charge >= 0.3 is 0 Å². The molecule has 9 nitrogen and oxygen atoms in total. The Morgan fingerprint density at radius 2 is 1.79 bits per heavy atom. The van der Waals surface area contributed by atoms with Gasteiger partial charge in [0.2, 0.25) is 0 Å². The van der Waals surface area contributed by atoms with Crippen molar-refractivity contribution >= 4 is 29.1 Å². The molecular formula is C25H23N7O2. The molecule has 5 rings (SSSR count). The van der Waals surface area contributed by atoms with E-state index < -0.39 is 0 Å². The van der Waals surface area contributed by atoms with Crippen LogP contribution in [0.25, 0.3) is 0 Å². The van der Waals surface area contributed by atoms with Crippen LogP contribution in [0.4, 0.5) is 17.3 Å². The number of fused-ring (bicyclic) bond motifs is 2. The fraction of sp³-hybridized carbons (Fsp3) is 0.160. The molecule has 4 heterocycles. The van der Waals surface area contributed by atoms with E-state index in [9.17, 15) is 9.59 Å². The third kappa shape index (κ3) is 3.99. The maximum atomic E-state index is 13.5. The number of amides is 2. The number of benzene rings is 1. The number of carbonyl (C=O) groups excluding carboxylic acids is 2. The average Bonchev–Trinajstić information content (AvgIpc) is 3.23. The van der Waals surface area contributed by atoms with Crippen LogP contribution in [0.5, 0.6) is 0 Å². The molecule has 0 atom stereocenters. The lowest BCUT2D eigenvalue weighted by atomic mass is 10.1. The Morgan fingerprint density at radius 1 is 0.941 bits per heavy atom. The van der Waals surface area contributed by atoms with Crippen molar-refractivity contribution in [2.24, 2.45) is 0 Å². The minimum atomic E-state index is -0.321. The largest absolute Gasteiger partial charge is 0.362 e. The number of rotatable bonds is 4. The molecule has 34 heavy (non-hydrogen) atoms. The molecule has 0 aliphatic carbocycles. The quantitative estimate of drug-likeness (QED) is 0.510. The SMILES string of the molecule is CN(C)c1ncccc1C(=O)Nc1ccc(C(=O)N2Cc3ccnn3Cc3ccccc32)cn1. The summed E-state index contributed by atoms with van der Waals surface area (Å²) >= 11 is 0. The minimum absolute atomic E-state index is 0.172. The Kier molecular flexibility index (Phi) is 5.51. The van der Waals surface area contributed by atoms with Crippen LogP contribution in [-0.2, 0) is 13.1 Å². The van der Waals surface area contributed by atoms with Crippen molar-refractivity contribution in [3.8, 4) is 0 Å². The summed E-state index contributed by atoms with van der Waals surface area (Å²) in [7, 11) is 3.65. The molecule has 0 bridgehead atoms. The summed E-state index contributed by atoms with van der Waals surface area (Å²) in [6.45, 7) is 1.01. The lowest BCUT2D eigenvalue weighted by Crippen LogP contribution is -2.30. The highest BCUT2D eigenvalue weighted by atomic mass is 16.2. The molecule has 4 aromatic rings. The highest BCUT2D eigenvalue weighted by Crippen LogP contribution is 2.28. The zero-order valence-corrected chi connectivity index (χ0v) is 18.8. The van der Waals surface area contributed by atoms with Gasteiger partial charge < -0.3 is 15.1 Å². The molecule has 2 amide bonds. The van der Waals surface area contributed by atoms with E-state index in [1.165, 1.54) is 6.20 Å². The monoisotopic (exact) mass is 453 g/mol. The zero-order chi connectivity index (χ0) is 23.7. The number of para-hydroxylation sites is 1. The van der Waals surface area contributed by atoms with Crippen molar-refractivity contribution < 1.29 is 9.59 Å². The third-order valence-electron chi connectivity index (χ3n) is 5.68. The summed E-state index contributed by atoms with van der Waals surface area (Å²) in [5.74, 6) is 0.419. The van der Waals surface area contributed by atoms with Gasteiger partial charge in [0.15, 0.2) is 0 Å². The van der Waals surface area contributed by atoms with Crippen LogP contribution in [0, 0.1) is 0 Å². The first-order valence-corrected chi connectivity index (χ1v) is 10.8. The molecule has 0 spiro atoms. The van der Waals surface area contributed by atoms with E-state index >= 15 is 0 Å². The number of carbonyl (C=O) groups is 2. The molecule has 0 unspecified atom stereocenters. The lowest BCUT2D eigenvalue weighted by molar-refractivity contribution is 0.0983. The number of nitrogens with zero attached hydrogens (tertiary/aromatic N) is 6. The normalized spacial score (nSPS) is 12.4. The van der Waals surface area contributed by atoms with Crippen LogP contribution in [0.1, 0.15) is 32.0 Å². The minimum Gasteiger partial charge on any atom is -0.362 e. The lowest BCUT2D eigenvalue weighted by Gasteiger charge is -2.22. The van der Waals surface area contributed by atoms with Crippen LogP contribution in [0.3, 0.4) is 0 Å². The second kappa shape index (κ2) is 8.78. The van der Waals surface area contributed by atoms with E-state index in [0.717, 1.165) is 16.9 Å². The predicted molar refractivity (Wildman–Crippen MR) is 129 cm³/mol. The summed E-state index contributed by atoms with van der Waals surface area (Å²) in [4.78, 5) is 38.3. The second-order valence-electron chi connectivity index (χ2n) is 8.16. The van der Waals surface area contributed by atoms with E-state index in [4.69, 9.17) is 0 Å². The molecule has 0 saturated carbocycles. The molecule has 1 aromatic carbocycles. The van der Waals surface area contributed by atoms with Gasteiger partial charge in [-0.15, -0.1) is 0 Å². The van der Waals surface area contributed by atoms with Gasteiger partial charge in [-0.1, -0.05) is 18.2 Å². The first kappa shape index (κ1) is 21.3. The van der Waals surface area contributed by atoms with Gasteiger partial charge in [-0.25, -0.2) is 9.97 Å². The highest BCUT2D eigenvalue weighted by molar-refractivity contribution is 6.08. The molecule has 0 radical (unpaired) electrons. The maximum Gasteiger partial charge on any atom is 0.260 e. The summed E-state index contributed by atoms with van der Waals surface area (Å²) in [5, 5.41) is 7.16. The van der Waals surface area contributed by atoms with E-state index in [0.29, 0.717) is 35.9 Å². The summed E-state index contributed by atoms with van der Waals surface area (Å²) in [6, 6.07) is 16.5. The first-order valence-electron chi connectivity index (χ1n) is 10.8. The summed E-state index contributed by atoms with van der Waals surface area (Å²) in [6.07, 6.45) is 4.87. The predicted octanol–water partition coefficient (Wildman–Crippen LogP) is 3.20. The van der Waals surface area contributed by atoms with Crippen LogP contribution >= 0.6 is 0 Å².